The first kappa shape index (κ1) is 13.7. The van der Waals surface area contributed by atoms with Crippen molar-refractivity contribution in [1.82, 2.24) is 9.88 Å². The molecule has 1 amide bonds. The lowest BCUT2D eigenvalue weighted by molar-refractivity contribution is -0.116. The van der Waals surface area contributed by atoms with Crippen LogP contribution < -0.4 is 5.32 Å². The molecular weight excluding hydrogens is 232 g/mol. The van der Waals surface area contributed by atoms with E-state index in [-0.39, 0.29) is 12.1 Å². The molecule has 0 aromatic carbocycles. The van der Waals surface area contributed by atoms with Crippen molar-refractivity contribution in [1.29, 1.82) is 0 Å². The van der Waals surface area contributed by atoms with Gasteiger partial charge >= 0.3 is 0 Å². The van der Waals surface area contributed by atoms with E-state index in [0.717, 1.165) is 0 Å². The molecule has 0 aliphatic rings. The van der Waals surface area contributed by atoms with Crippen LogP contribution in [0.2, 0.25) is 0 Å². The van der Waals surface area contributed by atoms with Gasteiger partial charge in [0.2, 0.25) is 0 Å². The number of aromatic nitrogens is 1. The Balaban J connectivity index is 3.19. The van der Waals surface area contributed by atoms with Gasteiger partial charge in [-0.1, -0.05) is 5.92 Å². The van der Waals surface area contributed by atoms with Crippen LogP contribution in [-0.4, -0.2) is 29.1 Å². The van der Waals surface area contributed by atoms with Crippen molar-refractivity contribution in [3.8, 4) is 12.3 Å². The summed E-state index contributed by atoms with van der Waals surface area (Å²) in [5.41, 5.74) is 1.73. The minimum atomic E-state index is -0.762. The number of nitrogens with one attached hydrogen (secondary N) is 1. The Labute approximate surface area is 105 Å². The molecule has 5 heteroatoms. The number of carbonyl (C=O) groups excluding carboxylic acids is 3. The molecule has 0 fully saturated rings. The number of terminal acetylenes is 1. The molecule has 1 rings (SSSR count). The van der Waals surface area contributed by atoms with Crippen molar-refractivity contribution in [3.05, 3.63) is 22.5 Å². The summed E-state index contributed by atoms with van der Waals surface area (Å²) in [5.74, 6) is 0.778. The number of rotatable bonds is 4. The summed E-state index contributed by atoms with van der Waals surface area (Å²) in [7, 11) is 1.67. The largest absolute Gasteiger partial charge is 0.345 e. The zero-order chi connectivity index (χ0) is 13.9. The second-order valence-electron chi connectivity index (χ2n) is 3.86. The molecule has 0 atom stereocenters. The molecule has 1 N–H and O–H groups in total. The summed E-state index contributed by atoms with van der Waals surface area (Å²) in [4.78, 5) is 34.4. The number of carbonyl (C=O) groups is 3. The maximum Gasteiger partial charge on any atom is 0.293 e. The highest BCUT2D eigenvalue weighted by Gasteiger charge is 2.25. The number of ketones is 1. The second kappa shape index (κ2) is 5.32. The molecular formula is C13H14N2O3. The van der Waals surface area contributed by atoms with Gasteiger partial charge in [-0.05, 0) is 19.4 Å². The van der Waals surface area contributed by atoms with Crippen LogP contribution in [0.5, 0.6) is 0 Å². The number of hydrogen-bond donors (Lipinski definition) is 1. The van der Waals surface area contributed by atoms with Crippen molar-refractivity contribution in [2.24, 2.45) is 7.05 Å². The summed E-state index contributed by atoms with van der Waals surface area (Å²) in [6.07, 6.45) is 5.66. The average molecular weight is 246 g/mol. The van der Waals surface area contributed by atoms with Crippen LogP contribution in [0.4, 0.5) is 0 Å². The third-order valence-electron chi connectivity index (χ3n) is 2.88. The Bertz CT molecular complexity index is 562. The van der Waals surface area contributed by atoms with E-state index in [1.165, 1.54) is 0 Å². The first-order chi connectivity index (χ1) is 8.45. The second-order valence-corrected chi connectivity index (χ2v) is 3.86. The Morgan fingerprint density at radius 1 is 1.44 bits per heavy atom. The predicted octanol–water partition coefficient (Wildman–Crippen LogP) is 0.387. The number of amides is 1. The van der Waals surface area contributed by atoms with Gasteiger partial charge in [0.15, 0.2) is 6.29 Å². The Hall–Kier alpha value is -2.35. The van der Waals surface area contributed by atoms with Gasteiger partial charge in [-0.25, -0.2) is 0 Å². The van der Waals surface area contributed by atoms with E-state index in [2.05, 4.69) is 11.2 Å². The summed E-state index contributed by atoms with van der Waals surface area (Å²) in [6, 6.07) is 0. The minimum absolute atomic E-state index is 0.00393. The SMILES string of the molecule is C#CCNC(=O)C(=O)c1c(C)c(C=O)n(C)c1C. The Morgan fingerprint density at radius 3 is 2.50 bits per heavy atom. The van der Waals surface area contributed by atoms with Gasteiger partial charge in [0.05, 0.1) is 17.8 Å². The van der Waals surface area contributed by atoms with Crippen molar-refractivity contribution >= 4 is 18.0 Å². The molecule has 0 spiro atoms. The van der Waals surface area contributed by atoms with Gasteiger partial charge in [-0.3, -0.25) is 14.4 Å². The first-order valence-electron chi connectivity index (χ1n) is 5.32. The van der Waals surface area contributed by atoms with Gasteiger partial charge in [0.25, 0.3) is 11.7 Å². The molecule has 1 aromatic rings. The van der Waals surface area contributed by atoms with E-state index >= 15 is 0 Å². The van der Waals surface area contributed by atoms with Crippen LogP contribution in [0.25, 0.3) is 0 Å². The standard InChI is InChI=1S/C13H14N2O3/c1-5-6-14-13(18)12(17)11-8(2)10(7-16)15(4)9(11)3/h1,7H,6H2,2-4H3,(H,14,18). The highest BCUT2D eigenvalue weighted by atomic mass is 16.2. The van der Waals surface area contributed by atoms with E-state index in [1.54, 1.807) is 25.5 Å². The molecule has 0 unspecified atom stereocenters. The van der Waals surface area contributed by atoms with E-state index in [9.17, 15) is 14.4 Å². The number of nitrogens with zero attached hydrogens (tertiary/aromatic N) is 1. The molecule has 0 radical (unpaired) electrons. The fourth-order valence-corrected chi connectivity index (χ4v) is 1.83. The maximum atomic E-state index is 12.0. The topological polar surface area (TPSA) is 68.2 Å². The van der Waals surface area contributed by atoms with Gasteiger partial charge in [-0.15, -0.1) is 6.42 Å². The van der Waals surface area contributed by atoms with Gasteiger partial charge in [0.1, 0.15) is 0 Å². The normalized spacial score (nSPS) is 9.67. The average Bonchev–Trinajstić information content (AvgIpc) is 2.56. The molecule has 0 saturated heterocycles. The smallest absolute Gasteiger partial charge is 0.293 e. The molecule has 0 aliphatic heterocycles. The monoisotopic (exact) mass is 246 g/mol. The molecule has 94 valence electrons. The first-order valence-corrected chi connectivity index (χ1v) is 5.32. The summed E-state index contributed by atoms with van der Waals surface area (Å²) >= 11 is 0. The molecule has 1 heterocycles. The number of Topliss-reactive ketones (excluding diaryl/α,β-unsaturated/α-hetero) is 1. The maximum absolute atomic E-state index is 12.0. The fraction of sp³-hybridized carbons (Fsp3) is 0.308. The Kier molecular flexibility index (Phi) is 4.05. The molecule has 1 aromatic heterocycles. The number of aldehydes is 1. The lowest BCUT2D eigenvalue weighted by atomic mass is 10.1. The van der Waals surface area contributed by atoms with Gasteiger partial charge < -0.3 is 9.88 Å². The molecule has 18 heavy (non-hydrogen) atoms. The van der Waals surface area contributed by atoms with Crippen LogP contribution in [-0.2, 0) is 11.8 Å². The molecule has 0 aliphatic carbocycles. The highest BCUT2D eigenvalue weighted by molar-refractivity contribution is 6.43. The van der Waals surface area contributed by atoms with E-state index in [4.69, 9.17) is 6.42 Å². The zero-order valence-corrected chi connectivity index (χ0v) is 10.5. The lowest BCUT2D eigenvalue weighted by Gasteiger charge is -2.02. The van der Waals surface area contributed by atoms with Crippen LogP contribution in [0.15, 0.2) is 0 Å². The zero-order valence-electron chi connectivity index (χ0n) is 10.5. The van der Waals surface area contributed by atoms with Crippen LogP contribution in [0.3, 0.4) is 0 Å². The third kappa shape index (κ3) is 2.18. The van der Waals surface area contributed by atoms with Crippen LogP contribution in [0, 0.1) is 26.2 Å². The Morgan fingerprint density at radius 2 is 2.06 bits per heavy atom. The lowest BCUT2D eigenvalue weighted by Crippen LogP contribution is -2.31. The highest BCUT2D eigenvalue weighted by Crippen LogP contribution is 2.20. The molecule has 0 saturated carbocycles. The van der Waals surface area contributed by atoms with Crippen molar-refractivity contribution in [2.45, 2.75) is 13.8 Å². The van der Waals surface area contributed by atoms with Crippen LogP contribution >= 0.6 is 0 Å². The minimum Gasteiger partial charge on any atom is -0.345 e. The van der Waals surface area contributed by atoms with E-state index in [0.29, 0.717) is 23.2 Å². The molecule has 0 bridgehead atoms. The van der Waals surface area contributed by atoms with E-state index < -0.39 is 11.7 Å². The van der Waals surface area contributed by atoms with E-state index in [1.807, 2.05) is 0 Å². The van der Waals surface area contributed by atoms with Crippen molar-refractivity contribution in [2.75, 3.05) is 6.54 Å². The van der Waals surface area contributed by atoms with Gasteiger partial charge in [-0.2, -0.15) is 0 Å². The van der Waals surface area contributed by atoms with Gasteiger partial charge in [0, 0.05) is 12.7 Å². The quantitative estimate of drug-likeness (QED) is 0.361. The predicted molar refractivity (Wildman–Crippen MR) is 66.4 cm³/mol. The van der Waals surface area contributed by atoms with Crippen molar-refractivity contribution < 1.29 is 14.4 Å². The number of hydrogen-bond acceptors (Lipinski definition) is 3. The fourth-order valence-electron chi connectivity index (χ4n) is 1.83. The summed E-state index contributed by atoms with van der Waals surface area (Å²) in [5, 5.41) is 2.31. The third-order valence-corrected chi connectivity index (χ3v) is 2.88. The van der Waals surface area contributed by atoms with Crippen molar-refractivity contribution in [3.63, 3.8) is 0 Å². The summed E-state index contributed by atoms with van der Waals surface area (Å²) in [6.45, 7) is 3.32. The van der Waals surface area contributed by atoms with Crippen LogP contribution in [0.1, 0.15) is 32.1 Å². The summed E-state index contributed by atoms with van der Waals surface area (Å²) < 4.78 is 1.59. The molecule has 5 nitrogen and oxygen atoms in total.